The molecule has 0 bridgehead atoms. The predicted octanol–water partition coefficient (Wildman–Crippen LogP) is 2.80. The van der Waals surface area contributed by atoms with Gasteiger partial charge >= 0.3 is 0 Å². The van der Waals surface area contributed by atoms with Crippen LogP contribution in [-0.2, 0) is 4.74 Å². The van der Waals surface area contributed by atoms with Crippen molar-refractivity contribution in [1.82, 2.24) is 10.2 Å². The van der Waals surface area contributed by atoms with Gasteiger partial charge in [0.15, 0.2) is 0 Å². The van der Waals surface area contributed by atoms with Crippen molar-refractivity contribution in [3.63, 3.8) is 0 Å². The fraction of sp³-hybridized carbons (Fsp3) is 1.00. The van der Waals surface area contributed by atoms with Crippen LogP contribution in [0.5, 0.6) is 0 Å². The molecular weight excluding hydrogens is 236 g/mol. The normalized spacial score (nSPS) is 29.2. The molecule has 0 aromatic heterocycles. The van der Waals surface area contributed by atoms with Gasteiger partial charge in [-0.05, 0) is 39.2 Å². The molecule has 2 atom stereocenters. The van der Waals surface area contributed by atoms with Crippen LogP contribution in [0, 0.1) is 0 Å². The third kappa shape index (κ3) is 5.05. The van der Waals surface area contributed by atoms with E-state index in [1.807, 2.05) is 0 Å². The Morgan fingerprint density at radius 1 is 1.21 bits per heavy atom. The molecule has 0 radical (unpaired) electrons. The monoisotopic (exact) mass is 268 g/mol. The first-order chi connectivity index (χ1) is 9.29. The highest BCUT2D eigenvalue weighted by Crippen LogP contribution is 2.22. The van der Waals surface area contributed by atoms with Crippen molar-refractivity contribution in [2.45, 2.75) is 76.5 Å². The minimum Gasteiger partial charge on any atom is -0.378 e. The zero-order valence-electron chi connectivity index (χ0n) is 12.9. The Morgan fingerprint density at radius 3 is 2.74 bits per heavy atom. The molecule has 3 heteroatoms. The maximum absolute atomic E-state index is 5.81. The van der Waals surface area contributed by atoms with Crippen LogP contribution in [0.3, 0.4) is 0 Å². The molecule has 0 aromatic rings. The minimum absolute atomic E-state index is 0.504. The molecule has 1 aliphatic carbocycles. The van der Waals surface area contributed by atoms with Gasteiger partial charge < -0.3 is 15.0 Å². The van der Waals surface area contributed by atoms with E-state index in [9.17, 15) is 0 Å². The van der Waals surface area contributed by atoms with Crippen molar-refractivity contribution in [2.75, 3.05) is 26.7 Å². The molecule has 2 fully saturated rings. The first-order valence-corrected chi connectivity index (χ1v) is 8.34. The lowest BCUT2D eigenvalue weighted by atomic mass is 10.0. The second kappa shape index (κ2) is 8.23. The van der Waals surface area contributed by atoms with Crippen LogP contribution >= 0.6 is 0 Å². The summed E-state index contributed by atoms with van der Waals surface area (Å²) in [6.07, 6.45) is 11.0. The Balaban J connectivity index is 1.59. The third-order valence-corrected chi connectivity index (χ3v) is 4.82. The topological polar surface area (TPSA) is 24.5 Å². The third-order valence-electron chi connectivity index (χ3n) is 4.82. The molecule has 19 heavy (non-hydrogen) atoms. The van der Waals surface area contributed by atoms with E-state index >= 15 is 0 Å². The molecule has 0 spiro atoms. The van der Waals surface area contributed by atoms with E-state index in [-0.39, 0.29) is 0 Å². The van der Waals surface area contributed by atoms with Crippen LogP contribution in [-0.4, -0.2) is 49.8 Å². The molecule has 1 saturated heterocycles. The summed E-state index contributed by atoms with van der Waals surface area (Å²) in [7, 11) is 2.29. The van der Waals surface area contributed by atoms with Gasteiger partial charge in [0.1, 0.15) is 0 Å². The number of rotatable bonds is 7. The van der Waals surface area contributed by atoms with Gasteiger partial charge in [-0.1, -0.05) is 26.2 Å². The number of ether oxygens (including phenoxy) is 1. The van der Waals surface area contributed by atoms with Gasteiger partial charge in [0.2, 0.25) is 0 Å². The van der Waals surface area contributed by atoms with Crippen molar-refractivity contribution in [2.24, 2.45) is 0 Å². The lowest BCUT2D eigenvalue weighted by Crippen LogP contribution is -2.43. The van der Waals surface area contributed by atoms with E-state index < -0.39 is 0 Å². The maximum atomic E-state index is 5.81. The summed E-state index contributed by atoms with van der Waals surface area (Å²) in [5.74, 6) is 0. The Labute approximate surface area is 119 Å². The Hall–Kier alpha value is -0.120. The van der Waals surface area contributed by atoms with Crippen LogP contribution in [0.1, 0.15) is 58.3 Å². The number of hydrogen-bond acceptors (Lipinski definition) is 3. The van der Waals surface area contributed by atoms with Gasteiger partial charge in [0, 0.05) is 31.8 Å². The Kier molecular flexibility index (Phi) is 6.62. The summed E-state index contributed by atoms with van der Waals surface area (Å²) in [6, 6.07) is 1.53. The van der Waals surface area contributed by atoms with Gasteiger partial charge in [-0.3, -0.25) is 0 Å². The second-order valence-electron chi connectivity index (χ2n) is 6.38. The van der Waals surface area contributed by atoms with E-state index in [2.05, 4.69) is 24.2 Å². The molecule has 1 heterocycles. The van der Waals surface area contributed by atoms with Crippen LogP contribution in [0.25, 0.3) is 0 Å². The quantitative estimate of drug-likeness (QED) is 0.768. The van der Waals surface area contributed by atoms with Crippen LogP contribution in [0.15, 0.2) is 0 Å². The van der Waals surface area contributed by atoms with Gasteiger partial charge in [0.05, 0.1) is 6.10 Å². The largest absolute Gasteiger partial charge is 0.378 e. The summed E-state index contributed by atoms with van der Waals surface area (Å²) >= 11 is 0. The average Bonchev–Trinajstić information content (AvgIpc) is 2.93. The van der Waals surface area contributed by atoms with E-state index in [0.29, 0.717) is 12.1 Å². The highest BCUT2D eigenvalue weighted by Gasteiger charge is 2.22. The molecule has 2 unspecified atom stereocenters. The average molecular weight is 268 g/mol. The smallest absolute Gasteiger partial charge is 0.0589 e. The number of nitrogens with one attached hydrogen (secondary N) is 1. The van der Waals surface area contributed by atoms with Gasteiger partial charge in [-0.25, -0.2) is 0 Å². The lowest BCUT2D eigenvalue weighted by molar-refractivity contribution is -0.00343. The van der Waals surface area contributed by atoms with Crippen molar-refractivity contribution in [3.8, 4) is 0 Å². The molecule has 0 aromatic carbocycles. The Bertz CT molecular complexity index is 239. The van der Waals surface area contributed by atoms with Crippen molar-refractivity contribution in [1.29, 1.82) is 0 Å². The summed E-state index contributed by atoms with van der Waals surface area (Å²) in [4.78, 5) is 2.56. The van der Waals surface area contributed by atoms with Gasteiger partial charge in [-0.2, -0.15) is 0 Å². The molecular formula is C16H32N2O. The maximum Gasteiger partial charge on any atom is 0.0589 e. The first-order valence-electron chi connectivity index (χ1n) is 8.34. The van der Waals surface area contributed by atoms with E-state index in [0.717, 1.165) is 19.2 Å². The van der Waals surface area contributed by atoms with E-state index in [1.165, 1.54) is 57.9 Å². The lowest BCUT2D eigenvalue weighted by Gasteiger charge is -2.31. The molecule has 0 amide bonds. The summed E-state index contributed by atoms with van der Waals surface area (Å²) in [5.41, 5.74) is 0. The zero-order valence-corrected chi connectivity index (χ0v) is 12.9. The zero-order chi connectivity index (χ0) is 13.5. The van der Waals surface area contributed by atoms with Gasteiger partial charge in [-0.15, -0.1) is 0 Å². The molecule has 1 saturated carbocycles. The molecule has 1 N–H and O–H groups in total. The Morgan fingerprint density at radius 2 is 2.00 bits per heavy atom. The van der Waals surface area contributed by atoms with Crippen LogP contribution < -0.4 is 5.32 Å². The summed E-state index contributed by atoms with van der Waals surface area (Å²) in [5, 5.41) is 3.74. The first kappa shape index (κ1) is 15.3. The second-order valence-corrected chi connectivity index (χ2v) is 6.38. The molecule has 112 valence electrons. The standard InChI is InChI=1S/C16H32N2O/c1-3-6-16-13-14(9-12-19-16)17-10-11-18(2)15-7-4-5-8-15/h14-17H,3-13H2,1-2H3. The van der Waals surface area contributed by atoms with Crippen molar-refractivity contribution < 1.29 is 4.74 Å². The molecule has 3 nitrogen and oxygen atoms in total. The highest BCUT2D eigenvalue weighted by molar-refractivity contribution is 4.79. The number of likely N-dealkylation sites (N-methyl/N-ethyl adjacent to an activating group) is 1. The SMILES string of the molecule is CCCC1CC(NCCN(C)C2CCCC2)CCO1. The minimum atomic E-state index is 0.504. The number of hydrogen-bond donors (Lipinski definition) is 1. The van der Waals surface area contributed by atoms with Crippen molar-refractivity contribution in [3.05, 3.63) is 0 Å². The fourth-order valence-electron chi connectivity index (χ4n) is 3.56. The van der Waals surface area contributed by atoms with Crippen LogP contribution in [0.2, 0.25) is 0 Å². The predicted molar refractivity (Wildman–Crippen MR) is 80.6 cm³/mol. The number of nitrogens with zero attached hydrogens (tertiary/aromatic N) is 1. The summed E-state index contributed by atoms with van der Waals surface area (Å²) in [6.45, 7) is 5.52. The van der Waals surface area contributed by atoms with E-state index in [4.69, 9.17) is 4.74 Å². The van der Waals surface area contributed by atoms with Crippen molar-refractivity contribution >= 4 is 0 Å². The van der Waals surface area contributed by atoms with Gasteiger partial charge in [0.25, 0.3) is 0 Å². The van der Waals surface area contributed by atoms with E-state index in [1.54, 1.807) is 0 Å². The van der Waals surface area contributed by atoms with Crippen LogP contribution in [0.4, 0.5) is 0 Å². The fourth-order valence-corrected chi connectivity index (χ4v) is 3.56. The molecule has 1 aliphatic heterocycles. The molecule has 2 rings (SSSR count). The highest BCUT2D eigenvalue weighted by atomic mass is 16.5. The molecule has 2 aliphatic rings. The summed E-state index contributed by atoms with van der Waals surface area (Å²) < 4.78 is 5.81.